The van der Waals surface area contributed by atoms with Crippen LogP contribution in [-0.4, -0.2) is 18.2 Å². The lowest BCUT2D eigenvalue weighted by Crippen LogP contribution is -2.00. The quantitative estimate of drug-likeness (QED) is 0.668. The van der Waals surface area contributed by atoms with Crippen molar-refractivity contribution < 1.29 is 14.6 Å². The molecule has 0 saturated heterocycles. The molecule has 0 heterocycles. The highest BCUT2D eigenvalue weighted by molar-refractivity contribution is 6.20. The number of aliphatic carboxylic acids is 1. The van der Waals surface area contributed by atoms with Crippen molar-refractivity contribution in [3.05, 3.63) is 65.2 Å². The molecule has 2 aromatic carbocycles. The Balaban J connectivity index is 2.47. The Morgan fingerprint density at radius 2 is 1.81 bits per heavy atom. The molecule has 0 aromatic heterocycles. The average Bonchev–Trinajstić information content (AvgIpc) is 2.53. The monoisotopic (exact) mass is 282 g/mol. The fraction of sp³-hybridized carbons (Fsp3) is 0.167. The summed E-state index contributed by atoms with van der Waals surface area (Å²) in [5, 5.41) is 9.47. The molecular weight excluding hydrogens is 264 g/mol. The number of methoxy groups -OCH3 is 1. The van der Waals surface area contributed by atoms with Crippen LogP contribution >= 0.6 is 0 Å². The van der Waals surface area contributed by atoms with Crippen molar-refractivity contribution in [1.82, 2.24) is 0 Å². The Morgan fingerprint density at radius 3 is 2.38 bits per heavy atom. The van der Waals surface area contributed by atoms with Crippen LogP contribution in [0.15, 0.2) is 48.5 Å². The van der Waals surface area contributed by atoms with Crippen molar-refractivity contribution in [2.45, 2.75) is 13.3 Å². The zero-order chi connectivity index (χ0) is 15.2. The lowest BCUT2D eigenvalue weighted by molar-refractivity contribution is -0.130. The second-order valence-corrected chi connectivity index (χ2v) is 4.66. The highest BCUT2D eigenvalue weighted by Gasteiger charge is 2.11. The topological polar surface area (TPSA) is 46.5 Å². The van der Waals surface area contributed by atoms with Gasteiger partial charge in [0.25, 0.3) is 0 Å². The molecule has 0 spiro atoms. The lowest BCUT2D eigenvalue weighted by Gasteiger charge is -2.07. The first-order chi connectivity index (χ1) is 10.2. The number of carboxylic acid groups (broad SMARTS) is 1. The number of hydrogen-bond donors (Lipinski definition) is 1. The lowest BCUT2D eigenvalue weighted by atomic mass is 10.0. The second-order valence-electron chi connectivity index (χ2n) is 4.66. The molecule has 21 heavy (non-hydrogen) atoms. The predicted molar refractivity (Wildman–Crippen MR) is 84.3 cm³/mol. The molecule has 0 fully saturated rings. The number of para-hydroxylation sites is 1. The minimum absolute atomic E-state index is 0.252. The summed E-state index contributed by atoms with van der Waals surface area (Å²) in [6, 6.07) is 14.9. The highest BCUT2D eigenvalue weighted by atomic mass is 16.5. The van der Waals surface area contributed by atoms with Crippen molar-refractivity contribution in [2.75, 3.05) is 7.11 Å². The molecular formula is C18H18O3. The van der Waals surface area contributed by atoms with Gasteiger partial charge in [-0.1, -0.05) is 49.4 Å². The Labute approximate surface area is 124 Å². The largest absolute Gasteiger partial charge is 0.496 e. The summed E-state index contributed by atoms with van der Waals surface area (Å²) in [6.07, 6.45) is 2.57. The van der Waals surface area contributed by atoms with Crippen LogP contribution in [0.1, 0.15) is 23.6 Å². The number of benzene rings is 2. The Hall–Kier alpha value is -2.55. The van der Waals surface area contributed by atoms with Gasteiger partial charge in [0.2, 0.25) is 0 Å². The summed E-state index contributed by atoms with van der Waals surface area (Å²) in [4.78, 5) is 11.5. The zero-order valence-corrected chi connectivity index (χ0v) is 12.2. The number of ether oxygens (including phenoxy) is 1. The molecule has 0 aliphatic heterocycles. The van der Waals surface area contributed by atoms with Gasteiger partial charge in [-0.25, -0.2) is 4.79 Å². The van der Waals surface area contributed by atoms with Crippen LogP contribution < -0.4 is 4.74 Å². The summed E-state index contributed by atoms with van der Waals surface area (Å²) < 4.78 is 5.26. The SMILES string of the molecule is CCc1ccc(/C(=C/c2ccccc2OC)C(=O)O)cc1. The minimum Gasteiger partial charge on any atom is -0.496 e. The third-order valence-electron chi connectivity index (χ3n) is 3.34. The maximum absolute atomic E-state index is 11.5. The Bertz CT molecular complexity index is 654. The molecule has 0 atom stereocenters. The van der Waals surface area contributed by atoms with E-state index in [0.717, 1.165) is 12.0 Å². The van der Waals surface area contributed by atoms with E-state index in [-0.39, 0.29) is 5.57 Å². The van der Waals surface area contributed by atoms with Crippen LogP contribution in [0.2, 0.25) is 0 Å². The van der Waals surface area contributed by atoms with E-state index in [1.54, 1.807) is 13.2 Å². The van der Waals surface area contributed by atoms with Crippen LogP contribution in [0, 0.1) is 0 Å². The van der Waals surface area contributed by atoms with Gasteiger partial charge in [-0.3, -0.25) is 0 Å². The molecule has 3 heteroatoms. The van der Waals surface area contributed by atoms with Gasteiger partial charge in [-0.2, -0.15) is 0 Å². The summed E-state index contributed by atoms with van der Waals surface area (Å²) in [6.45, 7) is 2.07. The number of hydrogen-bond acceptors (Lipinski definition) is 2. The van der Waals surface area contributed by atoms with E-state index in [1.807, 2.05) is 48.5 Å². The first-order valence-electron chi connectivity index (χ1n) is 6.83. The summed E-state index contributed by atoms with van der Waals surface area (Å²) in [7, 11) is 1.57. The molecule has 0 unspecified atom stereocenters. The van der Waals surface area contributed by atoms with Crippen LogP contribution in [0.5, 0.6) is 5.75 Å². The van der Waals surface area contributed by atoms with Gasteiger partial charge in [-0.15, -0.1) is 0 Å². The van der Waals surface area contributed by atoms with E-state index in [1.165, 1.54) is 5.56 Å². The van der Waals surface area contributed by atoms with E-state index in [4.69, 9.17) is 4.74 Å². The molecule has 2 aromatic rings. The average molecular weight is 282 g/mol. The van der Waals surface area contributed by atoms with Crippen molar-refractivity contribution in [1.29, 1.82) is 0 Å². The summed E-state index contributed by atoms with van der Waals surface area (Å²) in [5.41, 5.74) is 2.87. The number of carboxylic acids is 1. The molecule has 0 saturated carbocycles. The van der Waals surface area contributed by atoms with Crippen LogP contribution in [0.3, 0.4) is 0 Å². The van der Waals surface area contributed by atoms with E-state index in [9.17, 15) is 9.90 Å². The maximum Gasteiger partial charge on any atom is 0.336 e. The Kier molecular flexibility index (Phi) is 4.77. The summed E-state index contributed by atoms with van der Waals surface area (Å²) in [5.74, 6) is -0.299. The first-order valence-corrected chi connectivity index (χ1v) is 6.83. The molecule has 3 nitrogen and oxygen atoms in total. The van der Waals surface area contributed by atoms with E-state index in [0.29, 0.717) is 11.3 Å². The van der Waals surface area contributed by atoms with E-state index in [2.05, 4.69) is 6.92 Å². The van der Waals surface area contributed by atoms with Crippen molar-refractivity contribution in [2.24, 2.45) is 0 Å². The molecule has 0 radical (unpaired) electrons. The summed E-state index contributed by atoms with van der Waals surface area (Å²) >= 11 is 0. The normalized spacial score (nSPS) is 11.2. The second kappa shape index (κ2) is 6.75. The van der Waals surface area contributed by atoms with Gasteiger partial charge in [0, 0.05) is 5.56 Å². The van der Waals surface area contributed by atoms with Gasteiger partial charge < -0.3 is 9.84 Å². The van der Waals surface area contributed by atoms with Gasteiger partial charge in [0.05, 0.1) is 12.7 Å². The molecule has 0 aliphatic carbocycles. The fourth-order valence-electron chi connectivity index (χ4n) is 2.13. The van der Waals surface area contributed by atoms with Gasteiger partial charge in [0.15, 0.2) is 0 Å². The van der Waals surface area contributed by atoms with Gasteiger partial charge >= 0.3 is 5.97 Å². The van der Waals surface area contributed by atoms with Crippen LogP contribution in [0.4, 0.5) is 0 Å². The third-order valence-corrected chi connectivity index (χ3v) is 3.34. The fourth-order valence-corrected chi connectivity index (χ4v) is 2.13. The van der Waals surface area contributed by atoms with Gasteiger partial charge in [0.1, 0.15) is 5.75 Å². The zero-order valence-electron chi connectivity index (χ0n) is 12.2. The minimum atomic E-state index is -0.954. The molecule has 1 N–H and O–H groups in total. The molecule has 0 amide bonds. The van der Waals surface area contributed by atoms with Crippen molar-refractivity contribution in [3.8, 4) is 5.75 Å². The molecule has 0 aliphatic rings. The van der Waals surface area contributed by atoms with E-state index >= 15 is 0 Å². The highest BCUT2D eigenvalue weighted by Crippen LogP contribution is 2.25. The van der Waals surface area contributed by atoms with Crippen LogP contribution in [-0.2, 0) is 11.2 Å². The molecule has 0 bridgehead atoms. The van der Waals surface area contributed by atoms with Gasteiger partial charge in [-0.05, 0) is 29.7 Å². The number of carbonyl (C=O) groups is 1. The third kappa shape index (κ3) is 3.51. The standard InChI is InChI=1S/C18H18O3/c1-3-13-8-10-14(11-9-13)16(18(19)20)12-15-6-4-5-7-17(15)21-2/h4-12H,3H2,1-2H3,(H,19,20)/b16-12-. The smallest absolute Gasteiger partial charge is 0.336 e. The molecule has 108 valence electrons. The number of rotatable bonds is 5. The predicted octanol–water partition coefficient (Wildman–Crippen LogP) is 3.88. The van der Waals surface area contributed by atoms with E-state index < -0.39 is 5.97 Å². The first kappa shape index (κ1) is 14.9. The maximum atomic E-state index is 11.5. The van der Waals surface area contributed by atoms with Crippen LogP contribution in [0.25, 0.3) is 11.6 Å². The Morgan fingerprint density at radius 1 is 1.14 bits per heavy atom. The van der Waals surface area contributed by atoms with Crippen molar-refractivity contribution >= 4 is 17.6 Å². The molecule has 2 rings (SSSR count). The van der Waals surface area contributed by atoms with Crippen molar-refractivity contribution in [3.63, 3.8) is 0 Å². The number of aryl methyl sites for hydroxylation is 1.